The fourth-order valence-corrected chi connectivity index (χ4v) is 3.69. The van der Waals surface area contributed by atoms with E-state index in [1.807, 2.05) is 6.07 Å². The van der Waals surface area contributed by atoms with Gasteiger partial charge in [0.05, 0.1) is 6.04 Å². The molecule has 1 N–H and O–H groups in total. The number of hydrogen-bond donors (Lipinski definition) is 1. The van der Waals surface area contributed by atoms with Crippen molar-refractivity contribution >= 4 is 27.3 Å². The van der Waals surface area contributed by atoms with E-state index in [1.54, 1.807) is 17.4 Å². The van der Waals surface area contributed by atoms with Gasteiger partial charge in [-0.3, -0.25) is 0 Å². The number of benzene rings is 1. The summed E-state index contributed by atoms with van der Waals surface area (Å²) in [6.07, 6.45) is 2.09. The summed E-state index contributed by atoms with van der Waals surface area (Å²) in [6, 6.07) is 9.47. The summed E-state index contributed by atoms with van der Waals surface area (Å²) >= 11 is 5.17. The van der Waals surface area contributed by atoms with E-state index >= 15 is 0 Å². The van der Waals surface area contributed by atoms with E-state index in [0.717, 1.165) is 29.4 Å². The van der Waals surface area contributed by atoms with E-state index in [0.29, 0.717) is 0 Å². The Balaban J connectivity index is 2.35. The van der Waals surface area contributed by atoms with Crippen molar-refractivity contribution in [2.45, 2.75) is 32.7 Å². The Morgan fingerprint density at radius 1 is 1.25 bits per heavy atom. The van der Waals surface area contributed by atoms with Crippen molar-refractivity contribution in [1.29, 1.82) is 0 Å². The van der Waals surface area contributed by atoms with Crippen LogP contribution >= 0.6 is 27.3 Å². The van der Waals surface area contributed by atoms with E-state index in [1.165, 1.54) is 15.8 Å². The highest BCUT2D eigenvalue weighted by Gasteiger charge is 2.16. The molecule has 0 bridgehead atoms. The van der Waals surface area contributed by atoms with Crippen LogP contribution in [0.4, 0.5) is 4.39 Å². The third kappa shape index (κ3) is 3.90. The summed E-state index contributed by atoms with van der Waals surface area (Å²) in [5.74, 6) is -0.204. The first-order valence-electron chi connectivity index (χ1n) is 6.92. The van der Waals surface area contributed by atoms with Gasteiger partial charge in [-0.25, -0.2) is 4.39 Å². The molecule has 1 nitrogen and oxygen atoms in total. The van der Waals surface area contributed by atoms with Gasteiger partial charge in [-0.2, -0.15) is 0 Å². The molecule has 4 heteroatoms. The standard InChI is InChI=1S/C16H19BrFNS/c1-3-7-19-16(15-6-5-14(4-2)20-15)11-8-12(17)10-13(18)9-11/h5-6,8-10,16,19H,3-4,7H2,1-2H3. The number of aryl methyl sites for hydroxylation is 1. The van der Waals surface area contributed by atoms with E-state index in [2.05, 4.69) is 47.2 Å². The molecule has 0 radical (unpaired) electrons. The smallest absolute Gasteiger partial charge is 0.124 e. The van der Waals surface area contributed by atoms with Crippen LogP contribution in [0, 0.1) is 5.82 Å². The second-order valence-corrected chi connectivity index (χ2v) is 6.86. The van der Waals surface area contributed by atoms with E-state index < -0.39 is 0 Å². The highest BCUT2D eigenvalue weighted by molar-refractivity contribution is 9.10. The van der Waals surface area contributed by atoms with Crippen LogP contribution in [0.2, 0.25) is 0 Å². The quantitative estimate of drug-likeness (QED) is 0.741. The SMILES string of the molecule is CCCNC(c1cc(F)cc(Br)c1)c1ccc(CC)s1. The molecule has 0 saturated carbocycles. The minimum absolute atomic E-state index is 0.0623. The van der Waals surface area contributed by atoms with Crippen LogP contribution in [0.15, 0.2) is 34.8 Å². The minimum atomic E-state index is -0.204. The van der Waals surface area contributed by atoms with Crippen LogP contribution in [-0.4, -0.2) is 6.54 Å². The molecule has 2 rings (SSSR count). The van der Waals surface area contributed by atoms with Gasteiger partial charge in [0.1, 0.15) is 5.82 Å². The number of rotatable bonds is 6. The average molecular weight is 356 g/mol. The lowest BCUT2D eigenvalue weighted by Crippen LogP contribution is -2.22. The van der Waals surface area contributed by atoms with Crippen LogP contribution in [0.3, 0.4) is 0 Å². The van der Waals surface area contributed by atoms with Gasteiger partial charge in [-0.15, -0.1) is 11.3 Å². The van der Waals surface area contributed by atoms with Crippen LogP contribution < -0.4 is 5.32 Å². The molecule has 1 aromatic heterocycles. The summed E-state index contributed by atoms with van der Waals surface area (Å²) in [6.45, 7) is 5.21. The number of thiophene rings is 1. The highest BCUT2D eigenvalue weighted by Crippen LogP contribution is 2.30. The third-order valence-electron chi connectivity index (χ3n) is 3.13. The Bertz CT molecular complexity index is 547. The monoisotopic (exact) mass is 355 g/mol. The molecule has 1 aromatic carbocycles. The molecule has 0 aliphatic carbocycles. The number of halogens is 2. The predicted molar refractivity (Wildman–Crippen MR) is 87.9 cm³/mol. The van der Waals surface area contributed by atoms with Gasteiger partial charge < -0.3 is 5.32 Å². The number of nitrogens with one attached hydrogen (secondary N) is 1. The van der Waals surface area contributed by atoms with Crippen molar-refractivity contribution in [3.63, 3.8) is 0 Å². The molecule has 1 atom stereocenters. The zero-order valence-electron chi connectivity index (χ0n) is 11.7. The van der Waals surface area contributed by atoms with Gasteiger partial charge in [-0.1, -0.05) is 29.8 Å². The molecule has 0 spiro atoms. The van der Waals surface area contributed by atoms with Crippen LogP contribution in [0.1, 0.15) is 41.6 Å². The minimum Gasteiger partial charge on any atom is -0.306 e. The maximum Gasteiger partial charge on any atom is 0.124 e. The van der Waals surface area contributed by atoms with Crippen molar-refractivity contribution in [2.75, 3.05) is 6.54 Å². The van der Waals surface area contributed by atoms with Gasteiger partial charge in [-0.05, 0) is 55.3 Å². The molecular formula is C16H19BrFNS. The first kappa shape index (κ1) is 15.7. The maximum absolute atomic E-state index is 13.6. The van der Waals surface area contributed by atoms with Crippen molar-refractivity contribution in [2.24, 2.45) is 0 Å². The first-order chi connectivity index (χ1) is 9.63. The summed E-state index contributed by atoms with van der Waals surface area (Å²) < 4.78 is 14.4. The second-order valence-electron chi connectivity index (χ2n) is 4.75. The second kappa shape index (κ2) is 7.34. The van der Waals surface area contributed by atoms with Gasteiger partial charge in [0, 0.05) is 14.2 Å². The lowest BCUT2D eigenvalue weighted by Gasteiger charge is -2.18. The normalized spacial score (nSPS) is 12.6. The maximum atomic E-state index is 13.6. The summed E-state index contributed by atoms with van der Waals surface area (Å²) in [7, 11) is 0. The van der Waals surface area contributed by atoms with Crippen molar-refractivity contribution in [1.82, 2.24) is 5.32 Å². The Hall–Kier alpha value is -0.710. The topological polar surface area (TPSA) is 12.0 Å². The lowest BCUT2D eigenvalue weighted by atomic mass is 10.0. The first-order valence-corrected chi connectivity index (χ1v) is 8.53. The van der Waals surface area contributed by atoms with E-state index in [4.69, 9.17) is 0 Å². The molecular weight excluding hydrogens is 337 g/mol. The largest absolute Gasteiger partial charge is 0.306 e. The Labute approximate surface area is 132 Å². The summed E-state index contributed by atoms with van der Waals surface area (Å²) in [5.41, 5.74) is 0.967. The van der Waals surface area contributed by atoms with Crippen molar-refractivity contribution in [3.05, 3.63) is 55.9 Å². The van der Waals surface area contributed by atoms with Gasteiger partial charge in [0.15, 0.2) is 0 Å². The summed E-state index contributed by atoms with van der Waals surface area (Å²) in [4.78, 5) is 2.60. The van der Waals surface area contributed by atoms with Crippen molar-refractivity contribution < 1.29 is 4.39 Å². The molecule has 0 aliphatic heterocycles. The molecule has 1 heterocycles. The fraction of sp³-hybridized carbons (Fsp3) is 0.375. The lowest BCUT2D eigenvalue weighted by molar-refractivity contribution is 0.590. The molecule has 0 aliphatic rings. The molecule has 0 saturated heterocycles. The third-order valence-corrected chi connectivity index (χ3v) is 4.88. The zero-order chi connectivity index (χ0) is 14.5. The average Bonchev–Trinajstić information content (AvgIpc) is 2.87. The van der Waals surface area contributed by atoms with Crippen molar-refractivity contribution in [3.8, 4) is 0 Å². The molecule has 0 amide bonds. The van der Waals surface area contributed by atoms with Gasteiger partial charge in [0.2, 0.25) is 0 Å². The Morgan fingerprint density at radius 3 is 2.65 bits per heavy atom. The van der Waals surface area contributed by atoms with Crippen LogP contribution in [0.25, 0.3) is 0 Å². The van der Waals surface area contributed by atoms with Crippen LogP contribution in [0.5, 0.6) is 0 Å². The van der Waals surface area contributed by atoms with Gasteiger partial charge >= 0.3 is 0 Å². The Morgan fingerprint density at radius 2 is 2.05 bits per heavy atom. The summed E-state index contributed by atoms with van der Waals surface area (Å²) in [5, 5.41) is 3.52. The molecule has 1 unspecified atom stereocenters. The van der Waals surface area contributed by atoms with Crippen LogP contribution in [-0.2, 0) is 6.42 Å². The van der Waals surface area contributed by atoms with Gasteiger partial charge in [0.25, 0.3) is 0 Å². The number of hydrogen-bond acceptors (Lipinski definition) is 2. The van der Waals surface area contributed by atoms with E-state index in [-0.39, 0.29) is 11.9 Å². The molecule has 2 aromatic rings. The highest BCUT2D eigenvalue weighted by atomic mass is 79.9. The predicted octanol–water partition coefficient (Wildman–Crippen LogP) is 5.30. The zero-order valence-corrected chi connectivity index (χ0v) is 14.2. The Kier molecular flexibility index (Phi) is 5.75. The molecule has 108 valence electrons. The van der Waals surface area contributed by atoms with E-state index in [9.17, 15) is 4.39 Å². The fourth-order valence-electron chi connectivity index (χ4n) is 2.15. The molecule has 20 heavy (non-hydrogen) atoms. The molecule has 0 fully saturated rings.